The second-order valence-electron chi connectivity index (χ2n) is 8.93. The lowest BCUT2D eigenvalue weighted by Crippen LogP contribution is -2.42. The topological polar surface area (TPSA) is 88.2 Å². The molecule has 1 aliphatic rings. The molecule has 0 spiro atoms. The average molecular weight is 519 g/mol. The summed E-state index contributed by atoms with van der Waals surface area (Å²) in [5.41, 5.74) is 3.63. The monoisotopic (exact) mass is 518 g/mol. The van der Waals surface area contributed by atoms with Crippen molar-refractivity contribution in [2.24, 2.45) is 0 Å². The van der Waals surface area contributed by atoms with Crippen molar-refractivity contribution in [2.45, 2.75) is 13.5 Å². The summed E-state index contributed by atoms with van der Waals surface area (Å²) >= 11 is 0. The fourth-order valence-electron chi connectivity index (χ4n) is 4.38. The highest BCUT2D eigenvalue weighted by molar-refractivity contribution is 6.19. The average Bonchev–Trinajstić information content (AvgIpc) is 3.39. The normalized spacial score (nSPS) is 14.6. The molecule has 0 saturated carbocycles. The Bertz CT molecular complexity index is 1660. The van der Waals surface area contributed by atoms with Crippen molar-refractivity contribution >= 4 is 17.9 Å². The van der Waals surface area contributed by atoms with Gasteiger partial charge in [-0.25, -0.2) is 9.07 Å². The van der Waals surface area contributed by atoms with Gasteiger partial charge in [-0.3, -0.25) is 14.5 Å². The highest BCUT2D eigenvalue weighted by Gasteiger charge is 2.35. The number of hydrogen-bond donors (Lipinski definition) is 0. The summed E-state index contributed by atoms with van der Waals surface area (Å²) in [7, 11) is 1.55. The van der Waals surface area contributed by atoms with Crippen molar-refractivity contribution in [3.05, 3.63) is 119 Å². The first-order valence-corrected chi connectivity index (χ1v) is 12.1. The van der Waals surface area contributed by atoms with Crippen molar-refractivity contribution < 1.29 is 18.7 Å². The maximum atomic E-state index is 13.7. The van der Waals surface area contributed by atoms with Gasteiger partial charge in [0.25, 0.3) is 11.8 Å². The molecule has 1 aromatic heterocycles. The summed E-state index contributed by atoms with van der Waals surface area (Å²) in [6.45, 7) is 1.58. The summed E-state index contributed by atoms with van der Waals surface area (Å²) < 4.78 is 20.5. The van der Waals surface area contributed by atoms with E-state index in [4.69, 9.17) is 9.84 Å². The molecule has 0 atom stereocenters. The zero-order valence-corrected chi connectivity index (χ0v) is 21.3. The van der Waals surface area contributed by atoms with Gasteiger partial charge < -0.3 is 4.74 Å². The Kier molecular flexibility index (Phi) is 6.89. The molecule has 1 aliphatic heterocycles. The van der Waals surface area contributed by atoms with Crippen LogP contribution in [-0.4, -0.2) is 33.6 Å². The second-order valence-corrected chi connectivity index (χ2v) is 8.93. The van der Waals surface area contributed by atoms with Gasteiger partial charge in [0.15, 0.2) is 0 Å². The van der Waals surface area contributed by atoms with Gasteiger partial charge in [-0.1, -0.05) is 30.3 Å². The van der Waals surface area contributed by atoms with Gasteiger partial charge in [0.2, 0.25) is 0 Å². The van der Waals surface area contributed by atoms with E-state index in [0.717, 1.165) is 10.6 Å². The fraction of sp³-hybridized carbons (Fsp3) is 0.0968. The lowest BCUT2D eigenvalue weighted by molar-refractivity contribution is -0.141. The number of hydrogen-bond acceptors (Lipinski definition) is 5. The molecule has 39 heavy (non-hydrogen) atoms. The molecule has 4 aromatic rings. The number of carbonyl (C=O) groups excluding carboxylic acids is 2. The van der Waals surface area contributed by atoms with E-state index in [1.165, 1.54) is 12.1 Å². The van der Waals surface area contributed by atoms with E-state index < -0.39 is 11.8 Å². The number of methoxy groups -OCH3 is 1. The van der Waals surface area contributed by atoms with Crippen molar-refractivity contribution in [1.82, 2.24) is 14.7 Å². The predicted octanol–water partition coefficient (Wildman–Crippen LogP) is 5.48. The number of halogens is 1. The van der Waals surface area contributed by atoms with E-state index in [1.54, 1.807) is 67.4 Å². The maximum absolute atomic E-state index is 13.7. The van der Waals surface area contributed by atoms with Crippen molar-refractivity contribution in [2.75, 3.05) is 7.11 Å². The number of rotatable bonds is 6. The van der Waals surface area contributed by atoms with E-state index in [0.29, 0.717) is 28.1 Å². The molecular weight excluding hydrogens is 495 g/mol. The lowest BCUT2D eigenvalue weighted by atomic mass is 9.93. The van der Waals surface area contributed by atoms with E-state index >= 15 is 0 Å². The molecule has 0 aliphatic carbocycles. The van der Waals surface area contributed by atoms with Crippen LogP contribution in [0.2, 0.25) is 0 Å². The number of para-hydroxylation sites is 1. The smallest absolute Gasteiger partial charge is 0.271 e. The third-order valence-corrected chi connectivity index (χ3v) is 6.51. The SMILES string of the molecule is COc1ccc(CN2C(=O)C(C#N)=C(C)/C(=C\c3cn(-c4ccccc4)nc3-c3ccc(F)cc3)C2=O)cc1. The zero-order valence-electron chi connectivity index (χ0n) is 21.3. The first-order valence-electron chi connectivity index (χ1n) is 12.1. The third kappa shape index (κ3) is 4.98. The quantitative estimate of drug-likeness (QED) is 0.249. The molecule has 0 unspecified atom stereocenters. The van der Waals surface area contributed by atoms with Crippen LogP contribution in [0.4, 0.5) is 4.39 Å². The Morgan fingerprint density at radius 1 is 0.974 bits per heavy atom. The molecule has 192 valence electrons. The number of aromatic nitrogens is 2. The number of nitrogens with zero attached hydrogens (tertiary/aromatic N) is 4. The molecule has 0 fully saturated rings. The van der Waals surface area contributed by atoms with E-state index in [-0.39, 0.29) is 29.1 Å². The van der Waals surface area contributed by atoms with Crippen molar-refractivity contribution in [3.8, 4) is 28.8 Å². The third-order valence-electron chi connectivity index (χ3n) is 6.51. The minimum atomic E-state index is -0.647. The molecule has 0 bridgehead atoms. The first kappa shape index (κ1) is 25.4. The Morgan fingerprint density at radius 3 is 2.31 bits per heavy atom. The molecule has 0 N–H and O–H groups in total. The highest BCUT2D eigenvalue weighted by Crippen LogP contribution is 2.32. The van der Waals surface area contributed by atoms with Gasteiger partial charge in [-0.05, 0) is 72.7 Å². The minimum absolute atomic E-state index is 0.00838. The second kappa shape index (κ2) is 10.6. The molecular formula is C31H23FN4O3. The minimum Gasteiger partial charge on any atom is -0.497 e. The lowest BCUT2D eigenvalue weighted by Gasteiger charge is -2.27. The van der Waals surface area contributed by atoms with E-state index in [1.807, 2.05) is 36.4 Å². The van der Waals surface area contributed by atoms with Gasteiger partial charge in [0.1, 0.15) is 23.2 Å². The van der Waals surface area contributed by atoms with E-state index in [9.17, 15) is 19.2 Å². The Morgan fingerprint density at radius 2 is 1.67 bits per heavy atom. The van der Waals surface area contributed by atoms with Crippen LogP contribution >= 0.6 is 0 Å². The molecule has 2 heterocycles. The van der Waals surface area contributed by atoms with Gasteiger partial charge in [0.05, 0.1) is 25.0 Å². The largest absolute Gasteiger partial charge is 0.497 e. The number of benzene rings is 3. The molecule has 3 aromatic carbocycles. The number of carbonyl (C=O) groups is 2. The standard InChI is InChI=1S/C31H23FN4O3/c1-20-27(30(37)35(31(38)28(20)17-33)18-21-8-14-26(39-2)15-9-21)16-23-19-36(25-6-4-3-5-7-25)34-29(23)22-10-12-24(32)13-11-22/h3-16,19H,18H2,1-2H3/b27-16+. The van der Waals surface area contributed by atoms with Gasteiger partial charge in [0, 0.05) is 22.9 Å². The van der Waals surface area contributed by atoms with Crippen molar-refractivity contribution in [1.29, 1.82) is 5.26 Å². The molecule has 5 rings (SSSR count). The van der Waals surface area contributed by atoms with Gasteiger partial charge in [-0.2, -0.15) is 10.4 Å². The van der Waals surface area contributed by atoms with Crippen LogP contribution in [0.1, 0.15) is 18.1 Å². The number of imide groups is 1. The Labute approximate surface area is 224 Å². The summed E-state index contributed by atoms with van der Waals surface area (Å²) in [4.78, 5) is 27.9. The van der Waals surface area contributed by atoms with Crippen LogP contribution < -0.4 is 4.74 Å². The van der Waals surface area contributed by atoms with Crippen LogP contribution in [0, 0.1) is 17.1 Å². The van der Waals surface area contributed by atoms with Crippen LogP contribution in [0.25, 0.3) is 23.0 Å². The van der Waals surface area contributed by atoms with Crippen LogP contribution in [0.15, 0.2) is 102 Å². The number of ether oxygens (including phenoxy) is 1. The summed E-state index contributed by atoms with van der Waals surface area (Å²) in [5.74, 6) is -0.905. The fourth-order valence-corrected chi connectivity index (χ4v) is 4.38. The van der Waals surface area contributed by atoms with Gasteiger partial charge in [-0.15, -0.1) is 0 Å². The molecule has 0 radical (unpaired) electrons. The molecule has 2 amide bonds. The van der Waals surface area contributed by atoms with Crippen LogP contribution in [0.3, 0.4) is 0 Å². The number of amides is 2. The van der Waals surface area contributed by atoms with Crippen molar-refractivity contribution in [3.63, 3.8) is 0 Å². The number of nitriles is 1. The van der Waals surface area contributed by atoms with Crippen LogP contribution in [0.5, 0.6) is 5.75 Å². The highest BCUT2D eigenvalue weighted by atomic mass is 19.1. The molecule has 8 heteroatoms. The van der Waals surface area contributed by atoms with E-state index in [2.05, 4.69) is 0 Å². The summed E-state index contributed by atoms with van der Waals surface area (Å²) in [5, 5.41) is 14.5. The molecule has 0 saturated heterocycles. The Hall–Kier alpha value is -5.29. The maximum Gasteiger partial charge on any atom is 0.271 e. The molecule has 7 nitrogen and oxygen atoms in total. The Balaban J connectivity index is 1.62. The predicted molar refractivity (Wildman–Crippen MR) is 144 cm³/mol. The van der Waals surface area contributed by atoms with Crippen LogP contribution in [-0.2, 0) is 16.1 Å². The summed E-state index contributed by atoms with van der Waals surface area (Å²) in [6, 6.07) is 24.3. The van der Waals surface area contributed by atoms with Gasteiger partial charge >= 0.3 is 0 Å². The zero-order chi connectivity index (χ0) is 27.5. The first-order chi connectivity index (χ1) is 18.9. The summed E-state index contributed by atoms with van der Waals surface area (Å²) in [6.07, 6.45) is 3.39.